The lowest BCUT2D eigenvalue weighted by Crippen LogP contribution is -2.20. The van der Waals surface area contributed by atoms with Crippen LogP contribution in [0, 0.1) is 0 Å². The molecule has 1 N–H and O–H groups in total. The molecule has 2 aromatic rings. The maximum Gasteiger partial charge on any atom is 0.119 e. The van der Waals surface area contributed by atoms with E-state index in [0.717, 1.165) is 25.1 Å². The molecule has 0 saturated carbocycles. The predicted molar refractivity (Wildman–Crippen MR) is 88.8 cm³/mol. The summed E-state index contributed by atoms with van der Waals surface area (Å²) in [6.07, 6.45) is 2.28. The highest BCUT2D eigenvalue weighted by Crippen LogP contribution is 2.19. The summed E-state index contributed by atoms with van der Waals surface area (Å²) in [5.74, 6) is 0.952. The summed E-state index contributed by atoms with van der Waals surface area (Å²) in [5, 5.41) is 3.58. The molecule has 0 aliphatic heterocycles. The first-order valence-corrected chi connectivity index (χ1v) is 7.79. The number of aryl methyl sites for hydroxylation is 1. The Morgan fingerprint density at radius 3 is 2.62 bits per heavy atom. The molecule has 112 valence electrons. The summed E-state index contributed by atoms with van der Waals surface area (Å²) in [6, 6.07) is 19.3. The van der Waals surface area contributed by atoms with E-state index in [1.165, 1.54) is 11.1 Å². The Labute approximate surface area is 128 Å². The largest absolute Gasteiger partial charge is 0.494 e. The smallest absolute Gasteiger partial charge is 0.119 e. The molecular formula is C19H25NO. The molecule has 0 heterocycles. The number of hydrogen-bond acceptors (Lipinski definition) is 2. The maximum atomic E-state index is 5.55. The fraction of sp³-hybridized carbons (Fsp3) is 0.368. The van der Waals surface area contributed by atoms with Crippen LogP contribution in [0.25, 0.3) is 0 Å². The number of nitrogens with one attached hydrogen (secondary N) is 1. The second-order valence-electron chi connectivity index (χ2n) is 5.27. The van der Waals surface area contributed by atoms with E-state index in [1.807, 2.05) is 13.0 Å². The molecular weight excluding hydrogens is 258 g/mol. The van der Waals surface area contributed by atoms with Gasteiger partial charge in [0.2, 0.25) is 0 Å². The molecule has 2 heteroatoms. The van der Waals surface area contributed by atoms with E-state index in [9.17, 15) is 0 Å². The van der Waals surface area contributed by atoms with Gasteiger partial charge >= 0.3 is 0 Å². The third-order valence-corrected chi connectivity index (χ3v) is 3.60. The third-order valence-electron chi connectivity index (χ3n) is 3.60. The van der Waals surface area contributed by atoms with Crippen molar-refractivity contribution in [1.29, 1.82) is 0 Å². The zero-order chi connectivity index (χ0) is 14.9. The van der Waals surface area contributed by atoms with Crippen LogP contribution in [-0.2, 0) is 6.42 Å². The molecule has 0 spiro atoms. The average Bonchev–Trinajstić information content (AvgIpc) is 2.53. The first-order chi connectivity index (χ1) is 10.3. The van der Waals surface area contributed by atoms with E-state index in [1.54, 1.807) is 0 Å². The molecule has 0 fully saturated rings. The van der Waals surface area contributed by atoms with E-state index >= 15 is 0 Å². The van der Waals surface area contributed by atoms with Gasteiger partial charge in [-0.25, -0.2) is 0 Å². The van der Waals surface area contributed by atoms with Gasteiger partial charge in [0.15, 0.2) is 0 Å². The molecule has 0 bridgehead atoms. The second kappa shape index (κ2) is 8.48. The lowest BCUT2D eigenvalue weighted by molar-refractivity contribution is 0.339. The zero-order valence-corrected chi connectivity index (χ0v) is 13.0. The van der Waals surface area contributed by atoms with Crippen molar-refractivity contribution in [2.24, 2.45) is 0 Å². The van der Waals surface area contributed by atoms with E-state index in [0.29, 0.717) is 12.6 Å². The van der Waals surface area contributed by atoms with E-state index in [-0.39, 0.29) is 0 Å². The van der Waals surface area contributed by atoms with E-state index < -0.39 is 0 Å². The normalized spacial score (nSPS) is 12.1. The monoisotopic (exact) mass is 283 g/mol. The molecule has 0 saturated heterocycles. The van der Waals surface area contributed by atoms with Crippen molar-refractivity contribution in [3.05, 3.63) is 65.7 Å². The highest BCUT2D eigenvalue weighted by atomic mass is 16.5. The van der Waals surface area contributed by atoms with Crippen molar-refractivity contribution in [1.82, 2.24) is 5.32 Å². The zero-order valence-electron chi connectivity index (χ0n) is 13.0. The SMILES string of the molecule is CCOc1cccc(C(C)NCCCc2ccccc2)c1. The van der Waals surface area contributed by atoms with Gasteiger partial charge < -0.3 is 10.1 Å². The van der Waals surface area contributed by atoms with Crippen molar-refractivity contribution in [3.63, 3.8) is 0 Å². The fourth-order valence-corrected chi connectivity index (χ4v) is 2.41. The highest BCUT2D eigenvalue weighted by Gasteiger charge is 2.05. The lowest BCUT2D eigenvalue weighted by Gasteiger charge is -2.15. The number of hydrogen-bond donors (Lipinski definition) is 1. The third kappa shape index (κ3) is 5.24. The topological polar surface area (TPSA) is 21.3 Å². The van der Waals surface area contributed by atoms with Gasteiger partial charge in [-0.05, 0) is 56.5 Å². The second-order valence-corrected chi connectivity index (χ2v) is 5.27. The Morgan fingerprint density at radius 2 is 1.86 bits per heavy atom. The van der Waals surface area contributed by atoms with Gasteiger partial charge in [-0.15, -0.1) is 0 Å². The Kier molecular flexibility index (Phi) is 6.29. The van der Waals surface area contributed by atoms with Gasteiger partial charge in [0, 0.05) is 6.04 Å². The molecule has 2 aromatic carbocycles. The minimum Gasteiger partial charge on any atom is -0.494 e. The quantitative estimate of drug-likeness (QED) is 0.726. The standard InChI is InChI=1S/C19H25NO/c1-3-21-19-13-7-12-18(15-19)16(2)20-14-8-11-17-9-5-4-6-10-17/h4-7,9-10,12-13,15-16,20H,3,8,11,14H2,1-2H3. The van der Waals surface area contributed by atoms with Crippen molar-refractivity contribution >= 4 is 0 Å². The Hall–Kier alpha value is -1.80. The van der Waals surface area contributed by atoms with Crippen molar-refractivity contribution in [3.8, 4) is 5.75 Å². The molecule has 0 amide bonds. The van der Waals surface area contributed by atoms with Crippen LogP contribution >= 0.6 is 0 Å². The average molecular weight is 283 g/mol. The number of rotatable bonds is 8. The number of benzene rings is 2. The van der Waals surface area contributed by atoms with Crippen molar-refractivity contribution in [2.75, 3.05) is 13.2 Å². The maximum absolute atomic E-state index is 5.55. The summed E-state index contributed by atoms with van der Waals surface area (Å²) in [6.45, 7) is 5.95. The molecule has 0 aliphatic carbocycles. The van der Waals surface area contributed by atoms with E-state index in [4.69, 9.17) is 4.74 Å². The van der Waals surface area contributed by atoms with Gasteiger partial charge in [-0.3, -0.25) is 0 Å². The van der Waals surface area contributed by atoms with Crippen molar-refractivity contribution in [2.45, 2.75) is 32.7 Å². The highest BCUT2D eigenvalue weighted by molar-refractivity contribution is 5.30. The molecule has 2 nitrogen and oxygen atoms in total. The summed E-state index contributed by atoms with van der Waals surface area (Å²) in [5.41, 5.74) is 2.69. The van der Waals surface area contributed by atoms with Gasteiger partial charge in [-0.1, -0.05) is 42.5 Å². The van der Waals surface area contributed by atoms with E-state index in [2.05, 4.69) is 60.8 Å². The van der Waals surface area contributed by atoms with Crippen LogP contribution in [0.4, 0.5) is 0 Å². The molecule has 1 unspecified atom stereocenters. The molecule has 21 heavy (non-hydrogen) atoms. The molecule has 2 rings (SSSR count). The van der Waals surface area contributed by atoms with Crippen LogP contribution in [0.2, 0.25) is 0 Å². The Bertz CT molecular complexity index is 524. The summed E-state index contributed by atoms with van der Waals surface area (Å²) in [4.78, 5) is 0. The lowest BCUT2D eigenvalue weighted by atomic mass is 10.1. The minimum absolute atomic E-state index is 0.348. The first kappa shape index (κ1) is 15.6. The predicted octanol–water partition coefficient (Wildman–Crippen LogP) is 4.37. The first-order valence-electron chi connectivity index (χ1n) is 7.79. The minimum atomic E-state index is 0.348. The van der Waals surface area contributed by atoms with Gasteiger partial charge in [0.25, 0.3) is 0 Å². The van der Waals surface area contributed by atoms with Gasteiger partial charge in [-0.2, -0.15) is 0 Å². The van der Waals surface area contributed by atoms with Gasteiger partial charge in [0.05, 0.1) is 6.61 Å². The van der Waals surface area contributed by atoms with Crippen LogP contribution in [-0.4, -0.2) is 13.2 Å². The van der Waals surface area contributed by atoms with Crippen LogP contribution in [0.15, 0.2) is 54.6 Å². The van der Waals surface area contributed by atoms with Crippen LogP contribution in [0.1, 0.15) is 37.4 Å². The Morgan fingerprint density at radius 1 is 1.05 bits per heavy atom. The van der Waals surface area contributed by atoms with Gasteiger partial charge in [0.1, 0.15) is 5.75 Å². The van der Waals surface area contributed by atoms with Crippen LogP contribution < -0.4 is 10.1 Å². The van der Waals surface area contributed by atoms with Crippen LogP contribution in [0.3, 0.4) is 0 Å². The fourth-order valence-electron chi connectivity index (χ4n) is 2.41. The molecule has 0 aromatic heterocycles. The van der Waals surface area contributed by atoms with Crippen molar-refractivity contribution < 1.29 is 4.74 Å². The molecule has 0 aliphatic rings. The number of ether oxygens (including phenoxy) is 1. The molecule has 0 radical (unpaired) electrons. The summed E-state index contributed by atoms with van der Waals surface area (Å²) < 4.78 is 5.55. The van der Waals surface area contributed by atoms with Crippen LogP contribution in [0.5, 0.6) is 5.75 Å². The summed E-state index contributed by atoms with van der Waals surface area (Å²) in [7, 11) is 0. The Balaban J connectivity index is 1.76. The summed E-state index contributed by atoms with van der Waals surface area (Å²) >= 11 is 0. The molecule has 1 atom stereocenters.